The molecule has 6 rings (SSSR count). The smallest absolute Gasteiger partial charge is 0.165 e. The van der Waals surface area contributed by atoms with E-state index in [1.165, 1.54) is 43.8 Å². The standard InChI is InChI=1S/C12H10.2C10H9.C4H6.C2H7Si.Zr/c1-3-7-11(8-4-1)12-9-5-2-6-10-12;2*1-8-6-9-4-2-3-5-10(9)7-8;1-3-4-2;1-3-2;/h1-10H;2*2-7H,1H3;3-4H,1-2H2;3H,1-2H3;/q;2*-1;;;+2. The van der Waals surface area contributed by atoms with Crippen LogP contribution in [0, 0.1) is 13.8 Å². The molecule has 0 amide bonds. The third-order valence-corrected chi connectivity index (χ3v) is 5.57. The zero-order chi connectivity index (χ0) is 28.3. The minimum absolute atomic E-state index is 0. The van der Waals surface area contributed by atoms with Crippen LogP contribution in [0.2, 0.25) is 13.1 Å². The van der Waals surface area contributed by atoms with E-state index in [9.17, 15) is 0 Å². The van der Waals surface area contributed by atoms with Crippen molar-refractivity contribution in [2.24, 2.45) is 0 Å². The number of aryl methyl sites for hydroxylation is 2. The van der Waals surface area contributed by atoms with Gasteiger partial charge in [-0.25, -0.2) is 0 Å². The third kappa shape index (κ3) is 12.7. The Kier molecular flexibility index (Phi) is 17.8. The summed E-state index contributed by atoms with van der Waals surface area (Å²) in [7, 11) is 0.750. The Bertz CT molecular complexity index is 1310. The van der Waals surface area contributed by atoms with E-state index in [1.807, 2.05) is 12.1 Å². The van der Waals surface area contributed by atoms with Gasteiger partial charge in [-0.3, -0.25) is 0 Å². The van der Waals surface area contributed by atoms with Crippen LogP contribution in [0.4, 0.5) is 0 Å². The molecule has 0 unspecified atom stereocenters. The van der Waals surface area contributed by atoms with Crippen LogP contribution in [0.5, 0.6) is 0 Å². The Morgan fingerprint density at radius 1 is 0.525 bits per heavy atom. The van der Waals surface area contributed by atoms with Gasteiger partial charge in [0.15, 0.2) is 0 Å². The molecule has 0 N–H and O–H groups in total. The molecule has 0 atom stereocenters. The van der Waals surface area contributed by atoms with Gasteiger partial charge < -0.3 is 0 Å². The first-order valence-corrected chi connectivity index (χ1v) is 15.6. The van der Waals surface area contributed by atoms with Crippen LogP contribution in [0.25, 0.3) is 32.7 Å². The molecule has 0 bridgehead atoms. The van der Waals surface area contributed by atoms with Crippen molar-refractivity contribution >= 4 is 31.1 Å². The van der Waals surface area contributed by atoms with Crippen LogP contribution in [0.15, 0.2) is 159 Å². The summed E-state index contributed by atoms with van der Waals surface area (Å²) in [5, 5.41) is 5.39. The van der Waals surface area contributed by atoms with Crippen LogP contribution < -0.4 is 0 Å². The van der Waals surface area contributed by atoms with Gasteiger partial charge in [0.05, 0.1) is 0 Å². The number of hydrogen-bond acceptors (Lipinski definition) is 0. The van der Waals surface area contributed by atoms with Crippen molar-refractivity contribution in [1.82, 2.24) is 0 Å². The van der Waals surface area contributed by atoms with Gasteiger partial charge in [-0.1, -0.05) is 125 Å². The molecule has 0 saturated heterocycles. The molecule has 1 radical (unpaired) electrons. The van der Waals surface area contributed by atoms with Crippen molar-refractivity contribution in [1.29, 1.82) is 0 Å². The first-order valence-electron chi connectivity index (χ1n) is 13.3. The van der Waals surface area contributed by atoms with E-state index in [-0.39, 0.29) is 26.2 Å². The van der Waals surface area contributed by atoms with E-state index in [1.54, 1.807) is 12.2 Å². The monoisotopic (exact) mass is 615 g/mol. The molecule has 201 valence electrons. The van der Waals surface area contributed by atoms with E-state index >= 15 is 0 Å². The fourth-order valence-electron chi connectivity index (χ4n) is 3.87. The van der Waals surface area contributed by atoms with Crippen LogP contribution in [-0.4, -0.2) is 9.52 Å². The van der Waals surface area contributed by atoms with Gasteiger partial charge in [0.25, 0.3) is 0 Å². The van der Waals surface area contributed by atoms with E-state index in [0.29, 0.717) is 0 Å². The summed E-state index contributed by atoms with van der Waals surface area (Å²) in [5.41, 5.74) is 5.25. The van der Waals surface area contributed by atoms with Gasteiger partial charge in [-0.05, 0) is 11.1 Å². The average molecular weight is 617 g/mol. The molecule has 0 saturated carbocycles. The molecule has 0 aliphatic rings. The molecular formula is C38H41SiZr. The Balaban J connectivity index is 0.000000267. The van der Waals surface area contributed by atoms with Gasteiger partial charge in [-0.2, -0.15) is 12.1 Å². The maximum atomic E-state index is 3.36. The summed E-state index contributed by atoms with van der Waals surface area (Å²) in [6.07, 6.45) is 3.28. The van der Waals surface area contributed by atoms with Gasteiger partial charge in [0.2, 0.25) is 0 Å². The predicted molar refractivity (Wildman–Crippen MR) is 180 cm³/mol. The van der Waals surface area contributed by atoms with Gasteiger partial charge >= 0.3 is 26.2 Å². The van der Waals surface area contributed by atoms with E-state index in [4.69, 9.17) is 0 Å². The number of fused-ring (bicyclic) bond motifs is 2. The van der Waals surface area contributed by atoms with Crippen molar-refractivity contribution in [2.45, 2.75) is 26.9 Å². The fraction of sp³-hybridized carbons (Fsp3) is 0.105. The number of rotatable bonds is 2. The second kappa shape index (κ2) is 20.6. The largest absolute Gasteiger partial charge is 2.00 e. The zero-order valence-electron chi connectivity index (χ0n) is 24.3. The van der Waals surface area contributed by atoms with E-state index in [0.717, 1.165) is 9.52 Å². The van der Waals surface area contributed by atoms with Crippen molar-refractivity contribution in [3.8, 4) is 11.1 Å². The first kappa shape index (κ1) is 34.7. The molecule has 6 aromatic rings. The molecule has 40 heavy (non-hydrogen) atoms. The van der Waals surface area contributed by atoms with Crippen molar-refractivity contribution in [3.63, 3.8) is 0 Å². The van der Waals surface area contributed by atoms with Crippen molar-refractivity contribution in [3.05, 3.63) is 170 Å². The normalized spacial score (nSPS) is 9.10. The average Bonchev–Trinajstić information content (AvgIpc) is 3.55. The molecular weight excluding hydrogens is 576 g/mol. The Hall–Kier alpha value is -3.32. The Labute approximate surface area is 263 Å². The molecule has 0 heterocycles. The number of hydrogen-bond donors (Lipinski definition) is 0. The number of benzene rings is 4. The fourth-order valence-corrected chi connectivity index (χ4v) is 3.87. The summed E-state index contributed by atoms with van der Waals surface area (Å²) < 4.78 is 0. The number of allylic oxidation sites excluding steroid dienone is 2. The quantitative estimate of drug-likeness (QED) is 0.103. The summed E-state index contributed by atoms with van der Waals surface area (Å²) >= 11 is 0. The molecule has 0 aliphatic carbocycles. The molecule has 0 nitrogen and oxygen atoms in total. The maximum absolute atomic E-state index is 3.36. The van der Waals surface area contributed by atoms with Crippen molar-refractivity contribution in [2.75, 3.05) is 0 Å². The summed E-state index contributed by atoms with van der Waals surface area (Å²) in [6.45, 7) is 15.4. The Morgan fingerprint density at radius 2 is 0.825 bits per heavy atom. The topological polar surface area (TPSA) is 0 Å². The van der Waals surface area contributed by atoms with E-state index in [2.05, 4.69) is 161 Å². The Morgan fingerprint density at radius 3 is 1.12 bits per heavy atom. The van der Waals surface area contributed by atoms with Crippen LogP contribution in [-0.2, 0) is 26.2 Å². The van der Waals surface area contributed by atoms with Crippen LogP contribution >= 0.6 is 0 Å². The van der Waals surface area contributed by atoms with Gasteiger partial charge in [0, 0.05) is 9.52 Å². The molecule has 0 spiro atoms. The van der Waals surface area contributed by atoms with Crippen LogP contribution in [0.3, 0.4) is 0 Å². The summed E-state index contributed by atoms with van der Waals surface area (Å²) in [4.78, 5) is 0. The van der Waals surface area contributed by atoms with Gasteiger partial charge in [-0.15, -0.1) is 81.2 Å². The zero-order valence-corrected chi connectivity index (χ0v) is 28.0. The maximum Gasteiger partial charge on any atom is 2.00 e. The molecule has 0 aromatic heterocycles. The molecule has 6 aromatic carbocycles. The van der Waals surface area contributed by atoms with Gasteiger partial charge in [0.1, 0.15) is 0 Å². The molecule has 0 fully saturated rings. The minimum atomic E-state index is 0. The summed E-state index contributed by atoms with van der Waals surface area (Å²) in [5.74, 6) is 0. The second-order valence-electron chi connectivity index (χ2n) is 9.10. The summed E-state index contributed by atoms with van der Waals surface area (Å²) in [6, 6.07) is 46.4. The molecule has 2 heteroatoms. The first-order chi connectivity index (χ1) is 19.0. The minimum Gasteiger partial charge on any atom is -0.165 e. The van der Waals surface area contributed by atoms with Crippen LogP contribution in [0.1, 0.15) is 11.1 Å². The predicted octanol–water partition coefficient (Wildman–Crippen LogP) is 11.0. The second-order valence-corrected chi connectivity index (χ2v) is 10.3. The SMILES string of the molecule is C=CC=C.C[SiH]C.Cc1cc2ccccc2[cH-]1.Cc1cc2ccccc2[cH-]1.[Zr+2].c1ccc(-c2ccccc2)cc1. The molecule has 0 aliphatic heterocycles. The third-order valence-electron chi connectivity index (χ3n) is 5.57. The van der Waals surface area contributed by atoms with Crippen molar-refractivity contribution < 1.29 is 26.2 Å². The van der Waals surface area contributed by atoms with E-state index < -0.39 is 0 Å².